The zero-order valence-corrected chi connectivity index (χ0v) is 15.3. The molecule has 4 nitrogen and oxygen atoms in total. The van der Waals surface area contributed by atoms with E-state index in [1.807, 2.05) is 18.2 Å². The Hall–Kier alpha value is -2.47. The largest absolute Gasteiger partial charge is 0.453 e. The minimum atomic E-state index is -4.31. The van der Waals surface area contributed by atoms with Gasteiger partial charge in [-0.25, -0.2) is 12.8 Å². The van der Waals surface area contributed by atoms with Gasteiger partial charge in [-0.05, 0) is 29.7 Å². The summed E-state index contributed by atoms with van der Waals surface area (Å²) in [5.41, 5.74) is 1.48. The summed E-state index contributed by atoms with van der Waals surface area (Å²) in [6.07, 6.45) is -0.255. The van der Waals surface area contributed by atoms with Gasteiger partial charge in [0.2, 0.25) is 9.84 Å². The summed E-state index contributed by atoms with van der Waals surface area (Å²) in [5, 5.41) is -2.74. The van der Waals surface area contributed by atoms with Crippen LogP contribution in [0.1, 0.15) is 25.0 Å². The van der Waals surface area contributed by atoms with Crippen molar-refractivity contribution in [1.82, 2.24) is 0 Å². The van der Waals surface area contributed by atoms with Crippen molar-refractivity contribution in [2.45, 2.75) is 36.3 Å². The monoisotopic (exact) mass is 374 g/mol. The molecule has 0 amide bonds. The third kappa shape index (κ3) is 3.05. The van der Waals surface area contributed by atoms with Gasteiger partial charge in [0, 0.05) is 13.3 Å². The fraction of sp³-hybridized carbons (Fsp3) is 0.250. The SMILES string of the molecule is CC(=O)OC(/C(C)=C/c1ccccc1)C1(F)Cc2ccccc2S1(=O)=O. The molecule has 0 radical (unpaired) electrons. The van der Waals surface area contributed by atoms with Gasteiger partial charge in [0.05, 0.1) is 4.90 Å². The Labute approximate surface area is 152 Å². The molecule has 0 spiro atoms. The lowest BCUT2D eigenvalue weighted by Gasteiger charge is -2.29. The first-order valence-corrected chi connectivity index (χ1v) is 9.66. The molecule has 0 saturated heterocycles. The third-order valence-electron chi connectivity index (χ3n) is 4.42. The molecular formula is C20H19FO4S. The molecule has 2 unspecified atom stereocenters. The summed E-state index contributed by atoms with van der Waals surface area (Å²) in [5.74, 6) is -0.737. The summed E-state index contributed by atoms with van der Waals surface area (Å²) in [6.45, 7) is 2.71. The van der Waals surface area contributed by atoms with E-state index in [0.29, 0.717) is 11.1 Å². The van der Waals surface area contributed by atoms with Crippen LogP contribution in [-0.2, 0) is 25.8 Å². The minimum absolute atomic E-state index is 0.0489. The molecule has 1 aliphatic heterocycles. The number of fused-ring (bicyclic) bond motifs is 1. The highest BCUT2D eigenvalue weighted by Gasteiger charge is 2.59. The smallest absolute Gasteiger partial charge is 0.303 e. The van der Waals surface area contributed by atoms with Crippen molar-refractivity contribution in [3.8, 4) is 0 Å². The second-order valence-electron chi connectivity index (χ2n) is 6.36. The molecule has 1 aliphatic rings. The normalized spacial score (nSPS) is 22.5. The second kappa shape index (κ2) is 6.68. The van der Waals surface area contributed by atoms with Crippen LogP contribution < -0.4 is 0 Å². The molecule has 26 heavy (non-hydrogen) atoms. The van der Waals surface area contributed by atoms with Crippen molar-refractivity contribution in [2.24, 2.45) is 0 Å². The summed E-state index contributed by atoms with van der Waals surface area (Å²) < 4.78 is 46.9. The van der Waals surface area contributed by atoms with E-state index in [4.69, 9.17) is 4.74 Å². The number of halogens is 1. The Kier molecular flexibility index (Phi) is 4.71. The van der Waals surface area contributed by atoms with Gasteiger partial charge < -0.3 is 4.74 Å². The Morgan fingerprint density at radius 2 is 1.73 bits per heavy atom. The van der Waals surface area contributed by atoms with E-state index >= 15 is 4.39 Å². The van der Waals surface area contributed by atoms with Crippen molar-refractivity contribution < 1.29 is 22.3 Å². The number of carbonyl (C=O) groups is 1. The van der Waals surface area contributed by atoms with Gasteiger partial charge in [0.1, 0.15) is 0 Å². The van der Waals surface area contributed by atoms with Crippen LogP contribution in [-0.4, -0.2) is 25.5 Å². The molecular weight excluding hydrogens is 355 g/mol. The quantitative estimate of drug-likeness (QED) is 0.766. The number of carbonyl (C=O) groups excluding carboxylic acids is 1. The molecule has 0 aromatic heterocycles. The van der Waals surface area contributed by atoms with E-state index in [9.17, 15) is 13.2 Å². The number of hydrogen-bond acceptors (Lipinski definition) is 4. The molecule has 6 heteroatoms. The van der Waals surface area contributed by atoms with Crippen LogP contribution in [0.2, 0.25) is 0 Å². The molecule has 1 heterocycles. The first-order chi connectivity index (χ1) is 12.3. The molecule has 3 rings (SSSR count). The van der Waals surface area contributed by atoms with E-state index in [0.717, 1.165) is 12.5 Å². The van der Waals surface area contributed by atoms with Crippen molar-refractivity contribution in [2.75, 3.05) is 0 Å². The lowest BCUT2D eigenvalue weighted by Crippen LogP contribution is -2.46. The zero-order valence-electron chi connectivity index (χ0n) is 14.5. The van der Waals surface area contributed by atoms with Crippen LogP contribution in [0.5, 0.6) is 0 Å². The van der Waals surface area contributed by atoms with Gasteiger partial charge in [0.15, 0.2) is 6.10 Å². The number of rotatable bonds is 4. The van der Waals surface area contributed by atoms with Gasteiger partial charge >= 0.3 is 5.97 Å². The van der Waals surface area contributed by atoms with E-state index < -0.39 is 26.9 Å². The van der Waals surface area contributed by atoms with Crippen LogP contribution in [0, 0.1) is 0 Å². The maximum atomic E-state index is 16.0. The lowest BCUT2D eigenvalue weighted by atomic mass is 9.98. The molecule has 0 N–H and O–H groups in total. The van der Waals surface area contributed by atoms with Crippen molar-refractivity contribution in [1.29, 1.82) is 0 Å². The van der Waals surface area contributed by atoms with Crippen LogP contribution in [0.4, 0.5) is 4.39 Å². The highest BCUT2D eigenvalue weighted by molar-refractivity contribution is 7.93. The topological polar surface area (TPSA) is 60.4 Å². The number of alkyl halides is 1. The molecule has 2 atom stereocenters. The predicted molar refractivity (Wildman–Crippen MR) is 96.8 cm³/mol. The molecule has 0 aliphatic carbocycles. The van der Waals surface area contributed by atoms with Crippen LogP contribution in [0.15, 0.2) is 65.1 Å². The van der Waals surface area contributed by atoms with E-state index in [2.05, 4.69) is 0 Å². The highest BCUT2D eigenvalue weighted by atomic mass is 32.2. The lowest BCUT2D eigenvalue weighted by molar-refractivity contribution is -0.148. The minimum Gasteiger partial charge on any atom is -0.453 e. The molecule has 0 bridgehead atoms. The number of benzene rings is 2. The molecule has 2 aromatic carbocycles. The standard InChI is InChI=1S/C20H19FO4S/c1-14(12-16-8-4-3-5-9-16)19(25-15(2)22)20(21)13-17-10-6-7-11-18(17)26(20,23)24/h3-12,19H,13H2,1-2H3/b14-12+. The van der Waals surface area contributed by atoms with Gasteiger partial charge in [-0.15, -0.1) is 0 Å². The summed E-state index contributed by atoms with van der Waals surface area (Å²) >= 11 is 0. The highest BCUT2D eigenvalue weighted by Crippen LogP contribution is 2.45. The number of esters is 1. The molecule has 2 aromatic rings. The van der Waals surface area contributed by atoms with Crippen LogP contribution in [0.25, 0.3) is 6.08 Å². The fourth-order valence-corrected chi connectivity index (χ4v) is 5.23. The zero-order chi connectivity index (χ0) is 18.9. The van der Waals surface area contributed by atoms with Gasteiger partial charge in [-0.2, -0.15) is 0 Å². The van der Waals surface area contributed by atoms with E-state index in [1.165, 1.54) is 6.07 Å². The molecule has 136 valence electrons. The number of hydrogen-bond donors (Lipinski definition) is 0. The second-order valence-corrected chi connectivity index (χ2v) is 8.49. The van der Waals surface area contributed by atoms with Crippen molar-refractivity contribution >= 4 is 21.9 Å². The van der Waals surface area contributed by atoms with Crippen LogP contribution >= 0.6 is 0 Å². The number of ether oxygens (including phenoxy) is 1. The van der Waals surface area contributed by atoms with Crippen LogP contribution in [0.3, 0.4) is 0 Å². The Bertz CT molecular complexity index is 966. The maximum absolute atomic E-state index is 16.0. The summed E-state index contributed by atoms with van der Waals surface area (Å²) in [7, 11) is -4.31. The van der Waals surface area contributed by atoms with E-state index in [1.54, 1.807) is 43.3 Å². The van der Waals surface area contributed by atoms with Gasteiger partial charge in [-0.1, -0.05) is 54.6 Å². The number of sulfone groups is 1. The Balaban J connectivity index is 2.09. The average Bonchev–Trinajstić information content (AvgIpc) is 2.80. The van der Waals surface area contributed by atoms with Crippen molar-refractivity contribution in [3.05, 3.63) is 71.3 Å². The van der Waals surface area contributed by atoms with Crippen molar-refractivity contribution in [3.63, 3.8) is 0 Å². The average molecular weight is 374 g/mol. The summed E-state index contributed by atoms with van der Waals surface area (Å²) in [6, 6.07) is 15.2. The summed E-state index contributed by atoms with van der Waals surface area (Å²) in [4.78, 5) is 11.5. The first kappa shape index (κ1) is 18.3. The predicted octanol–water partition coefficient (Wildman–Crippen LogP) is 3.72. The third-order valence-corrected chi connectivity index (χ3v) is 6.65. The Morgan fingerprint density at radius 3 is 2.35 bits per heavy atom. The van der Waals surface area contributed by atoms with E-state index in [-0.39, 0.29) is 11.3 Å². The first-order valence-electron chi connectivity index (χ1n) is 8.17. The van der Waals surface area contributed by atoms with Gasteiger partial charge in [0.25, 0.3) is 5.00 Å². The maximum Gasteiger partial charge on any atom is 0.303 e. The molecule has 0 fully saturated rings. The molecule has 0 saturated carbocycles. The Morgan fingerprint density at radius 1 is 1.12 bits per heavy atom. The van der Waals surface area contributed by atoms with Gasteiger partial charge in [-0.3, -0.25) is 4.79 Å². The fourth-order valence-electron chi connectivity index (χ4n) is 3.26.